The van der Waals surface area contributed by atoms with Gasteiger partial charge in [0.2, 0.25) is 0 Å². The van der Waals surface area contributed by atoms with Gasteiger partial charge in [0.05, 0.1) is 0 Å². The Morgan fingerprint density at radius 3 is 2.31 bits per heavy atom. The molecule has 0 bridgehead atoms. The molecule has 0 aromatic rings. The first kappa shape index (κ1) is 12.3. The Bertz CT molecular complexity index is 207. The molecule has 3 nitrogen and oxygen atoms in total. The topological polar surface area (TPSA) is 32.5 Å². The number of hydrogen-bond donors (Lipinski definition) is 1. The van der Waals surface area contributed by atoms with Gasteiger partial charge in [0.15, 0.2) is 0 Å². The molecule has 1 saturated heterocycles. The molecule has 16 heavy (non-hydrogen) atoms. The largest absolute Gasteiger partial charge is 0.326 e. The van der Waals surface area contributed by atoms with Gasteiger partial charge in [-0.2, -0.15) is 0 Å². The van der Waals surface area contributed by atoms with Gasteiger partial charge in [-0.1, -0.05) is 6.92 Å². The van der Waals surface area contributed by atoms with Crippen molar-refractivity contribution in [3.8, 4) is 0 Å². The Morgan fingerprint density at radius 1 is 1.19 bits per heavy atom. The lowest BCUT2D eigenvalue weighted by molar-refractivity contribution is 0.0886. The first-order valence-electron chi connectivity index (χ1n) is 6.92. The van der Waals surface area contributed by atoms with Crippen molar-refractivity contribution in [3.05, 3.63) is 0 Å². The summed E-state index contributed by atoms with van der Waals surface area (Å²) in [6, 6.07) is 0.892. The van der Waals surface area contributed by atoms with Gasteiger partial charge in [0.25, 0.3) is 0 Å². The van der Waals surface area contributed by atoms with Crippen LogP contribution >= 0.6 is 0 Å². The van der Waals surface area contributed by atoms with E-state index in [0.29, 0.717) is 12.1 Å². The van der Waals surface area contributed by atoms with Crippen molar-refractivity contribution in [3.63, 3.8) is 0 Å². The molecule has 1 aliphatic carbocycles. The Labute approximate surface area is 100.0 Å². The van der Waals surface area contributed by atoms with E-state index in [1.807, 2.05) is 0 Å². The first-order valence-corrected chi connectivity index (χ1v) is 6.92. The fraction of sp³-hybridized carbons (Fsp3) is 1.00. The average molecular weight is 225 g/mol. The maximum atomic E-state index is 6.12. The Morgan fingerprint density at radius 2 is 1.81 bits per heavy atom. The zero-order valence-corrected chi connectivity index (χ0v) is 10.9. The molecule has 2 fully saturated rings. The summed E-state index contributed by atoms with van der Waals surface area (Å²) in [5.41, 5.74) is 6.12. The highest BCUT2D eigenvalue weighted by Crippen LogP contribution is 2.30. The fourth-order valence-corrected chi connectivity index (χ4v) is 2.63. The van der Waals surface area contributed by atoms with Crippen molar-refractivity contribution in [2.45, 2.75) is 45.2 Å². The van der Waals surface area contributed by atoms with Crippen LogP contribution in [0.1, 0.15) is 33.1 Å². The maximum absolute atomic E-state index is 6.12. The first-order chi connectivity index (χ1) is 7.70. The molecule has 2 aliphatic rings. The van der Waals surface area contributed by atoms with Crippen molar-refractivity contribution in [2.75, 3.05) is 32.7 Å². The highest BCUT2D eigenvalue weighted by molar-refractivity contribution is 4.84. The van der Waals surface area contributed by atoms with Crippen LogP contribution in [0.3, 0.4) is 0 Å². The van der Waals surface area contributed by atoms with E-state index in [4.69, 9.17) is 5.73 Å². The van der Waals surface area contributed by atoms with Crippen LogP contribution in [0.5, 0.6) is 0 Å². The lowest BCUT2D eigenvalue weighted by Gasteiger charge is -2.40. The smallest absolute Gasteiger partial charge is 0.0219 e. The zero-order chi connectivity index (χ0) is 11.5. The molecule has 2 unspecified atom stereocenters. The van der Waals surface area contributed by atoms with E-state index in [9.17, 15) is 0 Å². The summed E-state index contributed by atoms with van der Waals surface area (Å²) in [6.45, 7) is 10.7. The molecular formula is C13H27N3. The third-order valence-electron chi connectivity index (χ3n) is 4.29. The summed E-state index contributed by atoms with van der Waals surface area (Å²) < 4.78 is 0. The molecule has 1 heterocycles. The second-order valence-electron chi connectivity index (χ2n) is 5.59. The number of piperazine rings is 1. The highest BCUT2D eigenvalue weighted by Gasteiger charge is 2.28. The van der Waals surface area contributed by atoms with Crippen LogP contribution in [0.2, 0.25) is 0 Å². The molecule has 3 heteroatoms. The van der Waals surface area contributed by atoms with Gasteiger partial charge in [-0.25, -0.2) is 0 Å². The van der Waals surface area contributed by atoms with Crippen molar-refractivity contribution in [2.24, 2.45) is 11.7 Å². The lowest BCUT2D eigenvalue weighted by Crippen LogP contribution is -2.54. The monoisotopic (exact) mass is 225 g/mol. The Kier molecular flexibility index (Phi) is 4.22. The number of rotatable bonds is 5. The van der Waals surface area contributed by atoms with Gasteiger partial charge >= 0.3 is 0 Å². The third-order valence-corrected chi connectivity index (χ3v) is 4.29. The number of nitrogens with two attached hydrogens (primary N) is 1. The Hall–Kier alpha value is -0.120. The molecule has 1 aliphatic heterocycles. The average Bonchev–Trinajstić information content (AvgIpc) is 3.12. The van der Waals surface area contributed by atoms with Crippen molar-refractivity contribution in [1.29, 1.82) is 0 Å². The molecular weight excluding hydrogens is 198 g/mol. The summed E-state index contributed by atoms with van der Waals surface area (Å²) in [5.74, 6) is 1.03. The standard InChI is InChI=1S/C13H27N3/c1-3-13(14)11(2)16-8-6-15(7-9-16)10-12-4-5-12/h11-13H,3-10,14H2,1-2H3. The second kappa shape index (κ2) is 5.48. The van der Waals surface area contributed by atoms with E-state index in [1.165, 1.54) is 45.6 Å². The van der Waals surface area contributed by atoms with Crippen LogP contribution in [0.15, 0.2) is 0 Å². The molecule has 94 valence electrons. The highest BCUT2D eigenvalue weighted by atomic mass is 15.3. The van der Waals surface area contributed by atoms with Crippen LogP contribution in [-0.4, -0.2) is 54.6 Å². The quantitative estimate of drug-likeness (QED) is 0.761. The van der Waals surface area contributed by atoms with Crippen LogP contribution in [-0.2, 0) is 0 Å². The van der Waals surface area contributed by atoms with Crippen molar-refractivity contribution in [1.82, 2.24) is 9.80 Å². The minimum Gasteiger partial charge on any atom is -0.326 e. The molecule has 0 aromatic heterocycles. The van der Waals surface area contributed by atoms with E-state index in [2.05, 4.69) is 23.6 Å². The van der Waals surface area contributed by atoms with Gasteiger partial charge in [-0.15, -0.1) is 0 Å². The van der Waals surface area contributed by atoms with Gasteiger partial charge in [0, 0.05) is 44.8 Å². The summed E-state index contributed by atoms with van der Waals surface area (Å²) >= 11 is 0. The van der Waals surface area contributed by atoms with E-state index in [1.54, 1.807) is 0 Å². The Balaban J connectivity index is 1.71. The molecule has 2 atom stereocenters. The van der Waals surface area contributed by atoms with Gasteiger partial charge < -0.3 is 10.6 Å². The van der Waals surface area contributed by atoms with Crippen LogP contribution in [0, 0.1) is 5.92 Å². The third kappa shape index (κ3) is 3.19. The van der Waals surface area contributed by atoms with Crippen LogP contribution in [0.25, 0.3) is 0 Å². The van der Waals surface area contributed by atoms with E-state index in [-0.39, 0.29) is 0 Å². The molecule has 2 rings (SSSR count). The zero-order valence-electron chi connectivity index (χ0n) is 10.9. The number of hydrogen-bond acceptors (Lipinski definition) is 3. The van der Waals surface area contributed by atoms with E-state index in [0.717, 1.165) is 12.3 Å². The van der Waals surface area contributed by atoms with Gasteiger partial charge in [-0.3, -0.25) is 4.90 Å². The lowest BCUT2D eigenvalue weighted by atomic mass is 10.1. The van der Waals surface area contributed by atoms with Crippen molar-refractivity contribution >= 4 is 0 Å². The molecule has 0 spiro atoms. The fourth-order valence-electron chi connectivity index (χ4n) is 2.63. The predicted molar refractivity (Wildman–Crippen MR) is 68.5 cm³/mol. The molecule has 0 aromatic carbocycles. The number of nitrogens with zero attached hydrogens (tertiary/aromatic N) is 2. The molecule has 1 saturated carbocycles. The maximum Gasteiger partial charge on any atom is 0.0219 e. The van der Waals surface area contributed by atoms with Gasteiger partial charge in [-0.05, 0) is 32.1 Å². The normalized spacial score (nSPS) is 27.9. The summed E-state index contributed by atoms with van der Waals surface area (Å²) in [4.78, 5) is 5.20. The molecule has 2 N–H and O–H groups in total. The SMILES string of the molecule is CCC(N)C(C)N1CCN(CC2CC2)CC1. The minimum absolute atomic E-state index is 0.343. The van der Waals surface area contributed by atoms with E-state index >= 15 is 0 Å². The summed E-state index contributed by atoms with van der Waals surface area (Å²) in [6.07, 6.45) is 4.03. The molecule has 0 amide bonds. The minimum atomic E-state index is 0.343. The summed E-state index contributed by atoms with van der Waals surface area (Å²) in [7, 11) is 0. The van der Waals surface area contributed by atoms with Gasteiger partial charge in [0.1, 0.15) is 0 Å². The summed E-state index contributed by atoms with van der Waals surface area (Å²) in [5, 5.41) is 0. The van der Waals surface area contributed by atoms with Crippen LogP contribution < -0.4 is 5.73 Å². The predicted octanol–water partition coefficient (Wildman–Crippen LogP) is 1.14. The van der Waals surface area contributed by atoms with Crippen molar-refractivity contribution < 1.29 is 0 Å². The second-order valence-corrected chi connectivity index (χ2v) is 5.59. The van der Waals surface area contributed by atoms with Crippen LogP contribution in [0.4, 0.5) is 0 Å². The van der Waals surface area contributed by atoms with E-state index < -0.39 is 0 Å². The molecule has 0 radical (unpaired) electrons.